The van der Waals surface area contributed by atoms with E-state index in [0.717, 1.165) is 29.5 Å². The second-order valence-corrected chi connectivity index (χ2v) is 8.62. The number of benzene rings is 1. The van der Waals surface area contributed by atoms with E-state index in [0.29, 0.717) is 11.4 Å². The molecule has 1 amide bonds. The van der Waals surface area contributed by atoms with Gasteiger partial charge < -0.3 is 15.8 Å². The van der Waals surface area contributed by atoms with Crippen molar-refractivity contribution in [3.8, 4) is 11.6 Å². The molecule has 1 saturated carbocycles. The molecule has 2 heterocycles. The van der Waals surface area contributed by atoms with Crippen LogP contribution in [0.5, 0.6) is 11.6 Å². The first-order valence-corrected chi connectivity index (χ1v) is 11.2. The number of nitrogens with two attached hydrogens (primary N) is 1. The van der Waals surface area contributed by atoms with Crippen molar-refractivity contribution < 1.29 is 9.53 Å². The molecule has 0 atom stereocenters. The molecule has 0 saturated heterocycles. The Kier molecular flexibility index (Phi) is 6.42. The van der Waals surface area contributed by atoms with Crippen LogP contribution in [-0.2, 0) is 6.54 Å². The third-order valence-electron chi connectivity index (χ3n) is 5.68. The van der Waals surface area contributed by atoms with E-state index >= 15 is 0 Å². The molecule has 0 radical (unpaired) electrons. The fourth-order valence-corrected chi connectivity index (χ4v) is 4.93. The molecule has 6 heteroatoms. The highest BCUT2D eigenvalue weighted by molar-refractivity contribution is 7.17. The fraction of sp³-hybridized carbons (Fsp3) is 0.391. The van der Waals surface area contributed by atoms with Gasteiger partial charge in [-0.15, -0.1) is 11.3 Å². The van der Waals surface area contributed by atoms with Gasteiger partial charge in [-0.25, -0.2) is 4.98 Å². The van der Waals surface area contributed by atoms with E-state index in [2.05, 4.69) is 27.8 Å². The molecule has 0 bridgehead atoms. The van der Waals surface area contributed by atoms with Gasteiger partial charge in [0.25, 0.3) is 0 Å². The molecule has 29 heavy (non-hydrogen) atoms. The average Bonchev–Trinajstić information content (AvgIpc) is 3.24. The van der Waals surface area contributed by atoms with E-state index in [1.54, 1.807) is 23.5 Å². The predicted molar refractivity (Wildman–Crippen MR) is 118 cm³/mol. The molecule has 1 aliphatic rings. The first-order chi connectivity index (χ1) is 14.2. The van der Waals surface area contributed by atoms with Gasteiger partial charge in [0.2, 0.25) is 11.8 Å². The SMILES string of the molecule is NC(=O)c1ccc(Oc2ccc(CNCCC3CCCCC3)c3ccsc23)nc1. The van der Waals surface area contributed by atoms with Gasteiger partial charge in [0.05, 0.1) is 10.3 Å². The lowest BCUT2D eigenvalue weighted by molar-refractivity contribution is 0.1000. The molecule has 0 spiro atoms. The van der Waals surface area contributed by atoms with Gasteiger partial charge in [0.15, 0.2) is 0 Å². The lowest BCUT2D eigenvalue weighted by atomic mass is 9.87. The largest absolute Gasteiger partial charge is 0.438 e. The van der Waals surface area contributed by atoms with Crippen LogP contribution in [0.4, 0.5) is 0 Å². The average molecular weight is 410 g/mol. The number of carbonyl (C=O) groups is 1. The highest BCUT2D eigenvalue weighted by Crippen LogP contribution is 2.35. The summed E-state index contributed by atoms with van der Waals surface area (Å²) in [5.74, 6) is 1.63. The summed E-state index contributed by atoms with van der Waals surface area (Å²) in [6.45, 7) is 1.94. The molecule has 152 valence electrons. The standard InChI is InChI=1S/C23H27N3O2S/c24-23(27)18-7-9-21(26-15-18)28-20-8-6-17(19-11-13-29-22(19)20)14-25-12-10-16-4-2-1-3-5-16/h6-9,11,13,15-16,25H,1-5,10,12,14H2,(H2,24,27). The Morgan fingerprint density at radius 3 is 2.79 bits per heavy atom. The lowest BCUT2D eigenvalue weighted by Crippen LogP contribution is -2.19. The number of aromatic nitrogens is 1. The summed E-state index contributed by atoms with van der Waals surface area (Å²) in [5.41, 5.74) is 6.92. The summed E-state index contributed by atoms with van der Waals surface area (Å²) in [4.78, 5) is 15.4. The molecule has 1 aromatic carbocycles. The predicted octanol–water partition coefficient (Wildman–Crippen LogP) is 5.25. The quantitative estimate of drug-likeness (QED) is 0.498. The number of nitrogens with one attached hydrogen (secondary N) is 1. The summed E-state index contributed by atoms with van der Waals surface area (Å²) in [6, 6.07) is 9.56. The summed E-state index contributed by atoms with van der Waals surface area (Å²) >= 11 is 1.66. The Labute approximate surface area is 175 Å². The van der Waals surface area contributed by atoms with Gasteiger partial charge in [-0.3, -0.25) is 4.79 Å². The Balaban J connectivity index is 1.39. The third kappa shape index (κ3) is 4.95. The van der Waals surface area contributed by atoms with Gasteiger partial charge in [-0.2, -0.15) is 0 Å². The zero-order valence-electron chi connectivity index (χ0n) is 16.5. The van der Waals surface area contributed by atoms with Crippen molar-refractivity contribution in [2.75, 3.05) is 6.54 Å². The van der Waals surface area contributed by atoms with Gasteiger partial charge in [0, 0.05) is 24.2 Å². The molecule has 3 N–H and O–H groups in total. The number of fused-ring (bicyclic) bond motifs is 1. The maximum Gasteiger partial charge on any atom is 0.250 e. The number of hydrogen-bond donors (Lipinski definition) is 2. The first kappa shape index (κ1) is 19.9. The van der Waals surface area contributed by atoms with E-state index in [9.17, 15) is 4.79 Å². The molecular weight excluding hydrogens is 382 g/mol. The summed E-state index contributed by atoms with van der Waals surface area (Å²) in [6.07, 6.45) is 9.74. The minimum atomic E-state index is -0.495. The van der Waals surface area contributed by atoms with E-state index in [4.69, 9.17) is 10.5 Å². The Bertz CT molecular complexity index is 962. The number of hydrogen-bond acceptors (Lipinski definition) is 5. The maximum atomic E-state index is 11.2. The van der Waals surface area contributed by atoms with Crippen molar-refractivity contribution in [3.63, 3.8) is 0 Å². The molecule has 1 aliphatic carbocycles. The monoisotopic (exact) mass is 409 g/mol. The molecule has 0 aliphatic heterocycles. The fourth-order valence-electron chi connectivity index (χ4n) is 4.03. The number of amides is 1. The Morgan fingerprint density at radius 2 is 2.03 bits per heavy atom. The number of nitrogens with zero attached hydrogens (tertiary/aromatic N) is 1. The Morgan fingerprint density at radius 1 is 1.17 bits per heavy atom. The number of ether oxygens (including phenoxy) is 1. The van der Waals surface area contributed by atoms with Crippen LogP contribution in [0, 0.1) is 5.92 Å². The minimum absolute atomic E-state index is 0.369. The van der Waals surface area contributed by atoms with Crippen LogP contribution in [0.25, 0.3) is 10.1 Å². The van der Waals surface area contributed by atoms with E-state index in [-0.39, 0.29) is 0 Å². The molecule has 5 nitrogen and oxygen atoms in total. The summed E-state index contributed by atoms with van der Waals surface area (Å²) in [5, 5.41) is 6.93. The summed E-state index contributed by atoms with van der Waals surface area (Å²) < 4.78 is 7.08. The number of primary amides is 1. The molecule has 3 aromatic rings. The third-order valence-corrected chi connectivity index (χ3v) is 6.60. The molecule has 4 rings (SSSR count). The second-order valence-electron chi connectivity index (χ2n) is 7.71. The van der Waals surface area contributed by atoms with Gasteiger partial charge in [0.1, 0.15) is 5.75 Å². The van der Waals surface area contributed by atoms with Crippen molar-refractivity contribution >= 4 is 27.3 Å². The molecule has 0 unspecified atom stereocenters. The maximum absolute atomic E-state index is 11.2. The topological polar surface area (TPSA) is 77.2 Å². The smallest absolute Gasteiger partial charge is 0.250 e. The van der Waals surface area contributed by atoms with E-state index in [1.165, 1.54) is 55.7 Å². The molecular formula is C23H27N3O2S. The van der Waals surface area contributed by atoms with Crippen molar-refractivity contribution in [2.24, 2.45) is 11.7 Å². The molecule has 1 fully saturated rings. The first-order valence-electron chi connectivity index (χ1n) is 10.3. The van der Waals surface area contributed by atoms with Gasteiger partial charge in [-0.05, 0) is 48.0 Å². The molecule has 2 aromatic heterocycles. The van der Waals surface area contributed by atoms with E-state index in [1.807, 2.05) is 6.07 Å². The van der Waals surface area contributed by atoms with Crippen LogP contribution >= 0.6 is 11.3 Å². The highest BCUT2D eigenvalue weighted by atomic mass is 32.1. The van der Waals surface area contributed by atoms with E-state index < -0.39 is 5.91 Å². The minimum Gasteiger partial charge on any atom is -0.438 e. The van der Waals surface area contributed by atoms with Crippen molar-refractivity contribution in [1.29, 1.82) is 0 Å². The second kappa shape index (κ2) is 9.37. The number of carbonyl (C=O) groups excluding carboxylic acids is 1. The number of rotatable bonds is 8. The van der Waals surface area contributed by atoms with Crippen LogP contribution in [0.1, 0.15) is 54.4 Å². The number of thiophene rings is 1. The zero-order valence-corrected chi connectivity index (χ0v) is 17.3. The van der Waals surface area contributed by atoms with Gasteiger partial charge >= 0.3 is 0 Å². The highest BCUT2D eigenvalue weighted by Gasteiger charge is 2.13. The van der Waals surface area contributed by atoms with Crippen molar-refractivity contribution in [2.45, 2.75) is 45.1 Å². The number of pyridine rings is 1. The van der Waals surface area contributed by atoms with Gasteiger partial charge in [-0.1, -0.05) is 38.2 Å². The van der Waals surface area contributed by atoms with Crippen LogP contribution in [0.15, 0.2) is 41.9 Å². The van der Waals surface area contributed by atoms with Crippen molar-refractivity contribution in [1.82, 2.24) is 10.3 Å². The van der Waals surface area contributed by atoms with Crippen LogP contribution in [-0.4, -0.2) is 17.4 Å². The van der Waals surface area contributed by atoms with Crippen LogP contribution in [0.2, 0.25) is 0 Å². The lowest BCUT2D eigenvalue weighted by Gasteiger charge is -2.21. The Hall–Kier alpha value is -2.44. The van der Waals surface area contributed by atoms with Crippen molar-refractivity contribution in [3.05, 3.63) is 53.0 Å². The van der Waals surface area contributed by atoms with Crippen LogP contribution in [0.3, 0.4) is 0 Å². The zero-order chi connectivity index (χ0) is 20.1. The normalized spacial score (nSPS) is 14.9. The van der Waals surface area contributed by atoms with Crippen LogP contribution < -0.4 is 15.8 Å². The summed E-state index contributed by atoms with van der Waals surface area (Å²) in [7, 11) is 0.